The van der Waals surface area contributed by atoms with Gasteiger partial charge in [-0.2, -0.15) is 5.26 Å². The van der Waals surface area contributed by atoms with Crippen LogP contribution in [0, 0.1) is 17.2 Å². The van der Waals surface area contributed by atoms with E-state index >= 15 is 0 Å². The molecule has 1 saturated heterocycles. The largest absolute Gasteiger partial charge is 0.446 e. The number of ether oxygens (including phenoxy) is 1. The Morgan fingerprint density at radius 1 is 1.45 bits per heavy atom. The highest BCUT2D eigenvalue weighted by Gasteiger charge is 2.32. The van der Waals surface area contributed by atoms with Crippen molar-refractivity contribution in [3.05, 3.63) is 18.6 Å². The molecule has 1 fully saturated rings. The molecule has 0 aromatic carbocycles. The molecular formula is C19H24N6O4. The van der Waals surface area contributed by atoms with E-state index in [1.807, 2.05) is 18.0 Å². The van der Waals surface area contributed by atoms with Gasteiger partial charge in [0, 0.05) is 26.3 Å². The lowest BCUT2D eigenvalue weighted by Gasteiger charge is -2.42. The second-order valence-corrected chi connectivity index (χ2v) is 7.08. The topological polar surface area (TPSA) is 125 Å². The number of fused-ring (bicyclic) bond motifs is 1. The summed E-state index contributed by atoms with van der Waals surface area (Å²) in [5.41, 5.74) is 0.408. The fourth-order valence-corrected chi connectivity index (χ4v) is 3.69. The van der Waals surface area contributed by atoms with Gasteiger partial charge in [-0.25, -0.2) is 19.3 Å². The van der Waals surface area contributed by atoms with Crippen LogP contribution in [0.5, 0.6) is 0 Å². The van der Waals surface area contributed by atoms with Crippen LogP contribution in [-0.4, -0.2) is 75.9 Å². The Hall–Kier alpha value is -3.19. The van der Waals surface area contributed by atoms with Gasteiger partial charge in [-0.3, -0.25) is 4.79 Å². The van der Waals surface area contributed by atoms with E-state index in [4.69, 9.17) is 15.1 Å². The van der Waals surface area contributed by atoms with Crippen LogP contribution < -0.4 is 4.90 Å². The molecule has 10 heteroatoms. The Morgan fingerprint density at radius 3 is 2.97 bits per heavy atom. The van der Waals surface area contributed by atoms with E-state index in [0.29, 0.717) is 35.9 Å². The third-order valence-corrected chi connectivity index (χ3v) is 5.31. The number of hydrogen-bond donors (Lipinski definition) is 1. The van der Waals surface area contributed by atoms with Crippen molar-refractivity contribution in [3.8, 4) is 6.07 Å². The molecule has 29 heavy (non-hydrogen) atoms. The molecule has 2 atom stereocenters. The lowest BCUT2D eigenvalue weighted by Crippen LogP contribution is -2.52. The van der Waals surface area contributed by atoms with E-state index in [-0.39, 0.29) is 31.6 Å². The Balaban J connectivity index is 1.87. The lowest BCUT2D eigenvalue weighted by molar-refractivity contribution is -0.131. The van der Waals surface area contributed by atoms with Crippen molar-refractivity contribution < 1.29 is 19.4 Å². The standard InChI is InChI=1S/C19H24N6O4/c1-13-4-7-24(16(27)3-6-20)11-15(13)23(2)17-14-5-8-25(18(14)22-12-21-17)19(28)29-10-9-26/h5,8,12-13,15,26H,3-4,7,9-11H2,1-2H3/t13-,15+/m1/s1. The van der Waals surface area contributed by atoms with E-state index < -0.39 is 6.09 Å². The summed E-state index contributed by atoms with van der Waals surface area (Å²) >= 11 is 0. The SMILES string of the molecule is C[C@@H]1CCN(C(=O)CC#N)C[C@@H]1N(C)c1ncnc2c1ccn2C(=O)OCCO. The maximum Gasteiger partial charge on any atom is 0.419 e. The molecule has 2 aromatic heterocycles. The number of hydrogen-bond acceptors (Lipinski definition) is 8. The average Bonchev–Trinajstić information content (AvgIpc) is 3.16. The second kappa shape index (κ2) is 8.87. The Labute approximate surface area is 168 Å². The third kappa shape index (κ3) is 4.14. The summed E-state index contributed by atoms with van der Waals surface area (Å²) < 4.78 is 6.25. The molecule has 2 aromatic rings. The summed E-state index contributed by atoms with van der Waals surface area (Å²) in [4.78, 5) is 36.7. The van der Waals surface area contributed by atoms with Crippen molar-refractivity contribution in [3.63, 3.8) is 0 Å². The van der Waals surface area contributed by atoms with Crippen LogP contribution >= 0.6 is 0 Å². The zero-order valence-electron chi connectivity index (χ0n) is 16.5. The van der Waals surface area contributed by atoms with Crippen LogP contribution in [0.2, 0.25) is 0 Å². The van der Waals surface area contributed by atoms with Crippen molar-refractivity contribution >= 4 is 28.9 Å². The number of likely N-dealkylation sites (tertiary alicyclic amines) is 1. The molecule has 1 aliphatic heterocycles. The number of nitriles is 1. The van der Waals surface area contributed by atoms with E-state index in [0.717, 1.165) is 6.42 Å². The van der Waals surface area contributed by atoms with Crippen LogP contribution in [0.15, 0.2) is 18.6 Å². The van der Waals surface area contributed by atoms with Gasteiger partial charge in [0.2, 0.25) is 5.91 Å². The molecule has 1 amide bonds. The van der Waals surface area contributed by atoms with Gasteiger partial charge in [-0.1, -0.05) is 6.92 Å². The number of amides is 1. The summed E-state index contributed by atoms with van der Waals surface area (Å²) in [6.45, 7) is 2.92. The fraction of sp³-hybridized carbons (Fsp3) is 0.526. The lowest BCUT2D eigenvalue weighted by atomic mass is 9.92. The predicted molar refractivity (Wildman–Crippen MR) is 104 cm³/mol. The van der Waals surface area contributed by atoms with Crippen molar-refractivity contribution in [1.29, 1.82) is 5.26 Å². The predicted octanol–water partition coefficient (Wildman–Crippen LogP) is 0.995. The number of carbonyl (C=O) groups excluding carboxylic acids is 2. The molecule has 0 unspecified atom stereocenters. The summed E-state index contributed by atoms with van der Waals surface area (Å²) in [5, 5.41) is 18.3. The van der Waals surface area contributed by atoms with Crippen LogP contribution in [0.3, 0.4) is 0 Å². The highest BCUT2D eigenvalue weighted by molar-refractivity contribution is 5.93. The first-order valence-electron chi connectivity index (χ1n) is 9.45. The zero-order valence-corrected chi connectivity index (χ0v) is 16.5. The molecule has 3 heterocycles. The van der Waals surface area contributed by atoms with Crippen LogP contribution in [0.4, 0.5) is 10.6 Å². The highest BCUT2D eigenvalue weighted by Crippen LogP contribution is 2.29. The van der Waals surface area contributed by atoms with Crippen LogP contribution in [0.1, 0.15) is 19.8 Å². The zero-order chi connectivity index (χ0) is 21.0. The van der Waals surface area contributed by atoms with Gasteiger partial charge in [-0.15, -0.1) is 0 Å². The number of nitrogens with zero attached hydrogens (tertiary/aromatic N) is 6. The van der Waals surface area contributed by atoms with Gasteiger partial charge >= 0.3 is 6.09 Å². The number of aliphatic hydroxyl groups is 1. The normalized spacial score (nSPS) is 19.0. The minimum Gasteiger partial charge on any atom is -0.446 e. The summed E-state index contributed by atoms with van der Waals surface area (Å²) in [5.74, 6) is 0.798. The second-order valence-electron chi connectivity index (χ2n) is 7.08. The number of likely N-dealkylation sites (N-methyl/N-ethyl adjacent to an activating group) is 1. The number of aromatic nitrogens is 3. The van der Waals surface area contributed by atoms with E-state index in [9.17, 15) is 9.59 Å². The molecule has 0 saturated carbocycles. The molecule has 154 valence electrons. The first kappa shape index (κ1) is 20.5. The quantitative estimate of drug-likeness (QED) is 0.788. The van der Waals surface area contributed by atoms with Crippen LogP contribution in [-0.2, 0) is 9.53 Å². The van der Waals surface area contributed by atoms with Crippen molar-refractivity contribution in [1.82, 2.24) is 19.4 Å². The minimum absolute atomic E-state index is 0.00850. The molecule has 0 radical (unpaired) electrons. The molecule has 0 bridgehead atoms. The highest BCUT2D eigenvalue weighted by atomic mass is 16.6. The number of aliphatic hydroxyl groups excluding tert-OH is 1. The molecule has 1 N–H and O–H groups in total. The van der Waals surface area contributed by atoms with E-state index in [2.05, 4.69) is 16.9 Å². The fourth-order valence-electron chi connectivity index (χ4n) is 3.69. The number of carbonyl (C=O) groups is 2. The molecule has 1 aliphatic rings. The van der Waals surface area contributed by atoms with Crippen molar-refractivity contribution in [2.24, 2.45) is 5.92 Å². The number of anilines is 1. The number of rotatable bonds is 5. The first-order valence-corrected chi connectivity index (χ1v) is 9.45. The third-order valence-electron chi connectivity index (χ3n) is 5.31. The van der Waals surface area contributed by atoms with Gasteiger partial charge in [0.05, 0.1) is 24.1 Å². The van der Waals surface area contributed by atoms with Gasteiger partial charge < -0.3 is 19.6 Å². The minimum atomic E-state index is -0.624. The maximum absolute atomic E-state index is 12.2. The Bertz CT molecular complexity index is 936. The van der Waals surface area contributed by atoms with Gasteiger partial charge in [0.1, 0.15) is 25.2 Å². The van der Waals surface area contributed by atoms with Crippen molar-refractivity contribution in [2.45, 2.75) is 25.8 Å². The van der Waals surface area contributed by atoms with Gasteiger partial charge in [0.15, 0.2) is 5.65 Å². The summed E-state index contributed by atoms with van der Waals surface area (Å²) in [6.07, 6.45) is 3.02. The van der Waals surface area contributed by atoms with E-state index in [1.54, 1.807) is 17.2 Å². The van der Waals surface area contributed by atoms with Crippen LogP contribution in [0.25, 0.3) is 11.0 Å². The molecule has 10 nitrogen and oxygen atoms in total. The smallest absolute Gasteiger partial charge is 0.419 e. The first-order chi connectivity index (χ1) is 14.0. The van der Waals surface area contributed by atoms with E-state index in [1.165, 1.54) is 10.9 Å². The monoisotopic (exact) mass is 400 g/mol. The molecule has 0 aliphatic carbocycles. The number of piperidine rings is 1. The Kier molecular flexibility index (Phi) is 6.29. The van der Waals surface area contributed by atoms with Gasteiger partial charge in [-0.05, 0) is 18.4 Å². The molecular weight excluding hydrogens is 376 g/mol. The summed E-state index contributed by atoms with van der Waals surface area (Å²) in [6, 6.07) is 3.67. The molecule has 0 spiro atoms. The Morgan fingerprint density at radius 2 is 2.24 bits per heavy atom. The molecule has 3 rings (SSSR count). The summed E-state index contributed by atoms with van der Waals surface area (Å²) in [7, 11) is 1.91. The maximum atomic E-state index is 12.2. The average molecular weight is 400 g/mol. The van der Waals surface area contributed by atoms with Gasteiger partial charge in [0.25, 0.3) is 0 Å². The van der Waals surface area contributed by atoms with Crippen molar-refractivity contribution in [2.75, 3.05) is 38.3 Å².